The molecular formula is C14H11Br2NO2. The van der Waals surface area contributed by atoms with E-state index in [1.165, 1.54) is 0 Å². The minimum Gasteiger partial charge on any atom is -0.506 e. The maximum Gasteiger partial charge on any atom is 0.143 e. The van der Waals surface area contributed by atoms with Crippen LogP contribution in [0.2, 0.25) is 0 Å². The first-order valence-corrected chi connectivity index (χ1v) is 7.05. The highest BCUT2D eigenvalue weighted by molar-refractivity contribution is 9.11. The third kappa shape index (κ3) is 3.58. The third-order valence-electron chi connectivity index (χ3n) is 2.47. The maximum atomic E-state index is 9.62. The fraction of sp³-hybridized carbons (Fsp3) is 0.0714. The number of benzene rings is 2. The quantitative estimate of drug-likeness (QED) is 0.780. The molecule has 0 saturated carbocycles. The Hall–Kier alpha value is -1.33. The summed E-state index contributed by atoms with van der Waals surface area (Å²) in [5.41, 5.74) is 1.72. The van der Waals surface area contributed by atoms with Gasteiger partial charge in [-0.15, -0.1) is 0 Å². The average Bonchev–Trinajstić information content (AvgIpc) is 2.43. The molecule has 3 nitrogen and oxygen atoms in total. The largest absolute Gasteiger partial charge is 0.506 e. The zero-order valence-corrected chi connectivity index (χ0v) is 13.3. The molecule has 0 fully saturated rings. The Morgan fingerprint density at radius 1 is 1.11 bits per heavy atom. The van der Waals surface area contributed by atoms with Gasteiger partial charge >= 0.3 is 0 Å². The predicted octanol–water partition coefficient (Wildman–Crippen LogP) is 4.68. The van der Waals surface area contributed by atoms with Gasteiger partial charge in [-0.1, -0.05) is 0 Å². The van der Waals surface area contributed by atoms with Crippen molar-refractivity contribution in [1.82, 2.24) is 0 Å². The van der Waals surface area contributed by atoms with E-state index in [1.54, 1.807) is 25.5 Å². The van der Waals surface area contributed by atoms with Crippen molar-refractivity contribution >= 4 is 43.8 Å². The molecule has 0 heterocycles. The van der Waals surface area contributed by atoms with Gasteiger partial charge < -0.3 is 9.84 Å². The van der Waals surface area contributed by atoms with Crippen LogP contribution in [0.25, 0.3) is 0 Å². The van der Waals surface area contributed by atoms with Gasteiger partial charge in [0.1, 0.15) is 11.5 Å². The smallest absolute Gasteiger partial charge is 0.143 e. The zero-order chi connectivity index (χ0) is 13.8. The van der Waals surface area contributed by atoms with Crippen molar-refractivity contribution < 1.29 is 9.84 Å². The van der Waals surface area contributed by atoms with E-state index in [0.717, 1.165) is 17.0 Å². The van der Waals surface area contributed by atoms with Gasteiger partial charge in [0.05, 0.1) is 21.7 Å². The molecule has 0 radical (unpaired) electrons. The summed E-state index contributed by atoms with van der Waals surface area (Å²) in [6, 6.07) is 11.1. The Bertz CT molecular complexity index is 586. The molecule has 0 bridgehead atoms. The SMILES string of the molecule is COc1ccc(N=Cc2cc(Br)c(O)c(Br)c2)cc1. The molecule has 1 N–H and O–H groups in total. The number of aliphatic imine (C=N–C) groups is 1. The molecule has 0 aliphatic heterocycles. The zero-order valence-electron chi connectivity index (χ0n) is 10.1. The summed E-state index contributed by atoms with van der Waals surface area (Å²) in [5.74, 6) is 0.982. The molecule has 0 amide bonds. The molecule has 0 aromatic heterocycles. The van der Waals surface area contributed by atoms with E-state index in [1.807, 2.05) is 24.3 Å². The topological polar surface area (TPSA) is 41.8 Å². The molecule has 0 aliphatic carbocycles. The summed E-state index contributed by atoms with van der Waals surface area (Å²) in [4.78, 5) is 4.36. The first-order valence-electron chi connectivity index (χ1n) is 5.46. The number of ether oxygens (including phenoxy) is 1. The second-order valence-corrected chi connectivity index (χ2v) is 5.50. The number of phenolic OH excluding ortho intramolecular Hbond substituents is 1. The van der Waals surface area contributed by atoms with E-state index in [0.29, 0.717) is 8.95 Å². The van der Waals surface area contributed by atoms with Crippen LogP contribution in [0.1, 0.15) is 5.56 Å². The van der Waals surface area contributed by atoms with Crippen molar-refractivity contribution in [1.29, 1.82) is 0 Å². The highest BCUT2D eigenvalue weighted by Gasteiger charge is 2.04. The average molecular weight is 385 g/mol. The van der Waals surface area contributed by atoms with Crippen LogP contribution in [0.15, 0.2) is 50.3 Å². The predicted molar refractivity (Wildman–Crippen MR) is 83.8 cm³/mol. The first kappa shape index (κ1) is 14.1. The first-order chi connectivity index (χ1) is 9.10. The lowest BCUT2D eigenvalue weighted by molar-refractivity contribution is 0.415. The van der Waals surface area contributed by atoms with Crippen molar-refractivity contribution in [2.45, 2.75) is 0 Å². The molecule has 0 atom stereocenters. The van der Waals surface area contributed by atoms with Crippen LogP contribution in [0, 0.1) is 0 Å². The van der Waals surface area contributed by atoms with Crippen LogP contribution in [0.4, 0.5) is 5.69 Å². The van der Waals surface area contributed by atoms with Crippen LogP contribution in [0.3, 0.4) is 0 Å². The number of rotatable bonds is 3. The lowest BCUT2D eigenvalue weighted by Gasteiger charge is -2.02. The number of hydrogen-bond donors (Lipinski definition) is 1. The maximum absolute atomic E-state index is 9.62. The van der Waals surface area contributed by atoms with Crippen LogP contribution in [-0.4, -0.2) is 18.4 Å². The molecule has 0 spiro atoms. The highest BCUT2D eigenvalue weighted by Crippen LogP contribution is 2.33. The minimum atomic E-state index is 0.182. The highest BCUT2D eigenvalue weighted by atomic mass is 79.9. The Morgan fingerprint density at radius 3 is 2.21 bits per heavy atom. The third-order valence-corrected chi connectivity index (χ3v) is 3.68. The van der Waals surface area contributed by atoms with Gasteiger partial charge in [0.15, 0.2) is 0 Å². The molecule has 0 aliphatic rings. The number of nitrogens with zero attached hydrogens (tertiary/aromatic N) is 1. The lowest BCUT2D eigenvalue weighted by Crippen LogP contribution is -1.83. The minimum absolute atomic E-state index is 0.182. The molecule has 2 rings (SSSR count). The van der Waals surface area contributed by atoms with Gasteiger partial charge in [-0.25, -0.2) is 0 Å². The number of methoxy groups -OCH3 is 1. The fourth-order valence-electron chi connectivity index (χ4n) is 1.48. The van der Waals surface area contributed by atoms with Gasteiger partial charge in [0.25, 0.3) is 0 Å². The number of aromatic hydroxyl groups is 1. The Labute approximate surface area is 128 Å². The van der Waals surface area contributed by atoms with Gasteiger partial charge in [0, 0.05) is 6.21 Å². The lowest BCUT2D eigenvalue weighted by atomic mass is 10.2. The Balaban J connectivity index is 2.22. The van der Waals surface area contributed by atoms with Crippen molar-refractivity contribution in [2.24, 2.45) is 4.99 Å². The van der Waals surface area contributed by atoms with E-state index >= 15 is 0 Å². The van der Waals surface area contributed by atoms with Gasteiger partial charge in [0.2, 0.25) is 0 Å². The van der Waals surface area contributed by atoms with E-state index < -0.39 is 0 Å². The van der Waals surface area contributed by atoms with Crippen molar-refractivity contribution in [3.05, 3.63) is 50.9 Å². The van der Waals surface area contributed by atoms with Gasteiger partial charge in [-0.2, -0.15) is 0 Å². The summed E-state index contributed by atoms with van der Waals surface area (Å²) in [6.45, 7) is 0. The van der Waals surface area contributed by atoms with E-state index in [4.69, 9.17) is 4.74 Å². The Kier molecular flexibility index (Phi) is 4.61. The summed E-state index contributed by atoms with van der Waals surface area (Å²) in [5, 5.41) is 9.62. The summed E-state index contributed by atoms with van der Waals surface area (Å²) < 4.78 is 6.33. The molecule has 2 aromatic rings. The molecule has 98 valence electrons. The normalized spacial score (nSPS) is 10.9. The summed E-state index contributed by atoms with van der Waals surface area (Å²) in [6.07, 6.45) is 1.73. The molecule has 0 saturated heterocycles. The molecule has 5 heteroatoms. The second-order valence-electron chi connectivity index (χ2n) is 3.79. The van der Waals surface area contributed by atoms with E-state index in [-0.39, 0.29) is 5.75 Å². The second kappa shape index (κ2) is 6.21. The standard InChI is InChI=1S/C14H11Br2NO2/c1-19-11-4-2-10(3-5-11)17-8-9-6-12(15)14(18)13(16)7-9/h2-8,18H,1H3. The van der Waals surface area contributed by atoms with Crippen LogP contribution in [-0.2, 0) is 0 Å². The summed E-state index contributed by atoms with van der Waals surface area (Å²) in [7, 11) is 1.63. The van der Waals surface area contributed by atoms with Crippen molar-refractivity contribution in [3.63, 3.8) is 0 Å². The van der Waals surface area contributed by atoms with E-state index in [9.17, 15) is 5.11 Å². The van der Waals surface area contributed by atoms with Crippen LogP contribution < -0.4 is 4.74 Å². The molecule has 0 unspecified atom stereocenters. The monoisotopic (exact) mass is 383 g/mol. The summed E-state index contributed by atoms with van der Waals surface area (Å²) >= 11 is 6.57. The number of halogens is 2. The fourth-order valence-corrected chi connectivity index (χ4v) is 2.70. The number of hydrogen-bond acceptors (Lipinski definition) is 3. The van der Waals surface area contributed by atoms with Crippen molar-refractivity contribution in [3.8, 4) is 11.5 Å². The molecular weight excluding hydrogens is 374 g/mol. The Morgan fingerprint density at radius 2 is 1.68 bits per heavy atom. The molecule has 2 aromatic carbocycles. The van der Waals surface area contributed by atoms with E-state index in [2.05, 4.69) is 36.9 Å². The van der Waals surface area contributed by atoms with Crippen LogP contribution >= 0.6 is 31.9 Å². The van der Waals surface area contributed by atoms with Crippen LogP contribution in [0.5, 0.6) is 11.5 Å². The van der Waals surface area contributed by atoms with Gasteiger partial charge in [-0.3, -0.25) is 4.99 Å². The number of phenols is 1. The van der Waals surface area contributed by atoms with Gasteiger partial charge in [-0.05, 0) is 73.8 Å². The molecule has 19 heavy (non-hydrogen) atoms. The van der Waals surface area contributed by atoms with Crippen molar-refractivity contribution in [2.75, 3.05) is 7.11 Å².